The number of amides is 1. The molecule has 0 spiro atoms. The minimum absolute atomic E-state index is 0.0615. The predicted octanol–water partition coefficient (Wildman–Crippen LogP) is 2.26. The zero-order valence-electron chi connectivity index (χ0n) is 16.1. The number of carbonyl (C=O) groups is 1. The Kier molecular flexibility index (Phi) is 4.81. The molecule has 0 bridgehead atoms. The van der Waals surface area contributed by atoms with Gasteiger partial charge in [-0.05, 0) is 43.5 Å². The molecule has 6 nitrogen and oxygen atoms in total. The van der Waals surface area contributed by atoms with Gasteiger partial charge in [-0.3, -0.25) is 14.2 Å². The van der Waals surface area contributed by atoms with Gasteiger partial charge < -0.3 is 9.80 Å². The molecule has 0 saturated carbocycles. The van der Waals surface area contributed by atoms with Gasteiger partial charge in [-0.25, -0.2) is 9.37 Å². The van der Waals surface area contributed by atoms with Gasteiger partial charge >= 0.3 is 0 Å². The molecule has 1 saturated heterocycles. The van der Waals surface area contributed by atoms with Crippen molar-refractivity contribution in [1.82, 2.24) is 14.5 Å². The van der Waals surface area contributed by atoms with Crippen molar-refractivity contribution in [3.63, 3.8) is 0 Å². The largest absolute Gasteiger partial charge is 0.368 e. The molecule has 0 radical (unpaired) electrons. The maximum absolute atomic E-state index is 13.1. The van der Waals surface area contributed by atoms with Crippen molar-refractivity contribution in [1.29, 1.82) is 0 Å². The summed E-state index contributed by atoms with van der Waals surface area (Å²) in [6.45, 7) is 2.73. The molecule has 3 aliphatic rings. The monoisotopic (exact) mass is 414 g/mol. The Bertz CT molecular complexity index is 999. The number of hydrogen-bond acceptors (Lipinski definition) is 5. The van der Waals surface area contributed by atoms with Crippen LogP contribution in [0, 0.1) is 5.82 Å². The Morgan fingerprint density at radius 1 is 1.14 bits per heavy atom. The van der Waals surface area contributed by atoms with E-state index in [-0.39, 0.29) is 23.3 Å². The molecular formula is C21H23FN4O2S. The summed E-state index contributed by atoms with van der Waals surface area (Å²) in [6, 6.07) is 6.37. The molecule has 2 aliphatic heterocycles. The first-order valence-electron chi connectivity index (χ1n) is 10.2. The van der Waals surface area contributed by atoms with Crippen LogP contribution in [0.1, 0.15) is 30.1 Å². The standard InChI is InChI=1S/C21H23FN4O2S/c22-14-4-6-15(7-5-14)24-8-10-25(11-9-24)19(27)12-16-13-29-21-23-18-3-1-2-17(18)20(28)26(16)21/h4-7,16H,1-3,8-13H2. The van der Waals surface area contributed by atoms with Gasteiger partial charge in [0.2, 0.25) is 5.91 Å². The Hall–Kier alpha value is -2.35. The summed E-state index contributed by atoms with van der Waals surface area (Å²) in [7, 11) is 0. The van der Waals surface area contributed by atoms with Crippen molar-refractivity contribution in [2.75, 3.05) is 36.8 Å². The van der Waals surface area contributed by atoms with Gasteiger partial charge in [0, 0.05) is 49.6 Å². The number of anilines is 1. The fraction of sp³-hybridized carbons (Fsp3) is 0.476. The second kappa shape index (κ2) is 7.48. The van der Waals surface area contributed by atoms with E-state index in [4.69, 9.17) is 0 Å². The zero-order chi connectivity index (χ0) is 20.0. The van der Waals surface area contributed by atoms with Crippen molar-refractivity contribution in [3.8, 4) is 0 Å². The van der Waals surface area contributed by atoms with Gasteiger partial charge in [0.15, 0.2) is 5.16 Å². The third-order valence-electron chi connectivity index (χ3n) is 6.11. The molecule has 29 heavy (non-hydrogen) atoms. The average Bonchev–Trinajstić information content (AvgIpc) is 3.36. The molecule has 2 aromatic rings. The molecule has 1 fully saturated rings. The Labute approximate surface area is 172 Å². The second-order valence-corrected chi connectivity index (χ2v) is 8.85. The van der Waals surface area contributed by atoms with Gasteiger partial charge in [0.1, 0.15) is 5.82 Å². The summed E-state index contributed by atoms with van der Waals surface area (Å²) < 4.78 is 14.9. The van der Waals surface area contributed by atoms with Crippen LogP contribution < -0.4 is 10.5 Å². The van der Waals surface area contributed by atoms with E-state index in [2.05, 4.69) is 9.88 Å². The van der Waals surface area contributed by atoms with Crippen LogP contribution in [0.5, 0.6) is 0 Å². The molecule has 1 amide bonds. The first kappa shape index (κ1) is 18.7. The number of aromatic nitrogens is 2. The first-order valence-corrected chi connectivity index (χ1v) is 11.1. The van der Waals surface area contributed by atoms with E-state index in [0.717, 1.165) is 60.2 Å². The minimum atomic E-state index is -0.243. The maximum Gasteiger partial charge on any atom is 0.257 e. The highest BCUT2D eigenvalue weighted by Crippen LogP contribution is 2.34. The normalized spacial score (nSPS) is 20.7. The van der Waals surface area contributed by atoms with Gasteiger partial charge in [0.25, 0.3) is 5.56 Å². The van der Waals surface area contributed by atoms with Crippen LogP contribution in [-0.4, -0.2) is 52.3 Å². The van der Waals surface area contributed by atoms with Gasteiger partial charge in [-0.2, -0.15) is 0 Å². The molecule has 0 N–H and O–H groups in total. The predicted molar refractivity (Wildman–Crippen MR) is 110 cm³/mol. The van der Waals surface area contributed by atoms with Crippen molar-refractivity contribution < 1.29 is 9.18 Å². The molecule has 1 aliphatic carbocycles. The smallest absolute Gasteiger partial charge is 0.257 e. The number of fused-ring (bicyclic) bond motifs is 2. The van der Waals surface area contributed by atoms with Gasteiger partial charge in [0.05, 0.1) is 11.7 Å². The molecule has 3 heterocycles. The molecule has 152 valence electrons. The highest BCUT2D eigenvalue weighted by atomic mass is 32.2. The topological polar surface area (TPSA) is 58.4 Å². The fourth-order valence-corrected chi connectivity index (χ4v) is 5.65. The highest BCUT2D eigenvalue weighted by molar-refractivity contribution is 7.99. The van der Waals surface area contributed by atoms with E-state index in [0.29, 0.717) is 19.5 Å². The quantitative estimate of drug-likeness (QED) is 0.721. The molecule has 1 aromatic carbocycles. The Morgan fingerprint density at radius 3 is 2.66 bits per heavy atom. The van der Waals surface area contributed by atoms with Crippen LogP contribution in [0.25, 0.3) is 0 Å². The fourth-order valence-electron chi connectivity index (χ4n) is 4.50. The van der Waals surface area contributed by atoms with Gasteiger partial charge in [-0.15, -0.1) is 0 Å². The number of carbonyl (C=O) groups excluding carboxylic acids is 1. The third kappa shape index (κ3) is 3.43. The lowest BCUT2D eigenvalue weighted by Gasteiger charge is -2.36. The van der Waals surface area contributed by atoms with Crippen LogP contribution >= 0.6 is 11.8 Å². The molecule has 8 heteroatoms. The number of piperazine rings is 1. The lowest BCUT2D eigenvalue weighted by molar-refractivity contribution is -0.132. The number of halogens is 1. The zero-order valence-corrected chi connectivity index (χ0v) is 17.0. The lowest BCUT2D eigenvalue weighted by Crippen LogP contribution is -2.49. The molecule has 1 atom stereocenters. The van der Waals surface area contributed by atoms with E-state index >= 15 is 0 Å². The number of rotatable bonds is 3. The van der Waals surface area contributed by atoms with E-state index in [1.807, 2.05) is 4.90 Å². The molecular weight excluding hydrogens is 391 g/mol. The van der Waals surface area contributed by atoms with Crippen molar-refractivity contribution >= 4 is 23.4 Å². The first-order chi connectivity index (χ1) is 14.1. The summed E-state index contributed by atoms with van der Waals surface area (Å²) in [5.74, 6) is 0.578. The summed E-state index contributed by atoms with van der Waals surface area (Å²) >= 11 is 1.59. The van der Waals surface area contributed by atoms with Crippen LogP contribution in [0.2, 0.25) is 0 Å². The number of benzene rings is 1. The third-order valence-corrected chi connectivity index (χ3v) is 7.20. The van der Waals surface area contributed by atoms with E-state index in [9.17, 15) is 14.0 Å². The van der Waals surface area contributed by atoms with Crippen molar-refractivity contribution in [2.45, 2.75) is 36.9 Å². The van der Waals surface area contributed by atoms with Crippen LogP contribution in [0.3, 0.4) is 0 Å². The number of aryl methyl sites for hydroxylation is 1. The van der Waals surface area contributed by atoms with Crippen LogP contribution in [0.4, 0.5) is 10.1 Å². The van der Waals surface area contributed by atoms with Crippen LogP contribution in [0.15, 0.2) is 34.2 Å². The number of nitrogens with zero attached hydrogens (tertiary/aromatic N) is 4. The SMILES string of the molecule is O=C(CC1CSc2nc3c(c(=O)n21)CCC3)N1CCN(c2ccc(F)cc2)CC1. The van der Waals surface area contributed by atoms with E-state index in [1.165, 1.54) is 12.1 Å². The molecule has 5 rings (SSSR count). The Morgan fingerprint density at radius 2 is 1.90 bits per heavy atom. The maximum atomic E-state index is 13.1. The second-order valence-electron chi connectivity index (χ2n) is 7.86. The molecule has 1 aromatic heterocycles. The highest BCUT2D eigenvalue weighted by Gasteiger charge is 2.32. The summed E-state index contributed by atoms with van der Waals surface area (Å²) in [4.78, 5) is 34.5. The summed E-state index contributed by atoms with van der Waals surface area (Å²) in [5.41, 5.74) is 2.84. The number of thioether (sulfide) groups is 1. The Balaban J connectivity index is 1.24. The van der Waals surface area contributed by atoms with E-state index < -0.39 is 0 Å². The number of hydrogen-bond donors (Lipinski definition) is 0. The summed E-state index contributed by atoms with van der Waals surface area (Å²) in [6.07, 6.45) is 3.03. The van der Waals surface area contributed by atoms with Crippen LogP contribution in [-0.2, 0) is 17.6 Å². The van der Waals surface area contributed by atoms with Gasteiger partial charge in [-0.1, -0.05) is 11.8 Å². The molecule has 1 unspecified atom stereocenters. The van der Waals surface area contributed by atoms with E-state index in [1.54, 1.807) is 28.5 Å². The van der Waals surface area contributed by atoms with Crippen molar-refractivity contribution in [3.05, 3.63) is 51.7 Å². The summed E-state index contributed by atoms with van der Waals surface area (Å²) in [5, 5.41) is 0.773. The lowest BCUT2D eigenvalue weighted by atomic mass is 10.1. The minimum Gasteiger partial charge on any atom is -0.368 e. The average molecular weight is 415 g/mol. The van der Waals surface area contributed by atoms with Crippen molar-refractivity contribution in [2.24, 2.45) is 0 Å².